The lowest BCUT2D eigenvalue weighted by Gasteiger charge is -2.41. The van der Waals surface area contributed by atoms with E-state index in [1.807, 2.05) is 0 Å². The topological polar surface area (TPSA) is 18.5 Å². The molecule has 2 atom stereocenters. The molecule has 130 valence electrons. The van der Waals surface area contributed by atoms with E-state index in [0.29, 0.717) is 5.92 Å². The van der Waals surface area contributed by atoms with Crippen molar-refractivity contribution >= 4 is 25.2 Å². The second-order valence-corrected chi connectivity index (χ2v) is 22.1. The molecule has 5 heteroatoms. The van der Waals surface area contributed by atoms with Crippen LogP contribution >= 0.6 is 0 Å². The number of allylic oxidation sites excluding steroid dienone is 2. The van der Waals surface area contributed by atoms with Gasteiger partial charge in [-0.05, 0) is 89.9 Å². The molecule has 0 radical (unpaired) electrons. The normalized spacial score (nSPS) is 22.4. The maximum atomic E-state index is 6.66. The highest BCUT2D eigenvalue weighted by Crippen LogP contribution is 2.36. The molecule has 22 heavy (non-hydrogen) atoms. The molecule has 0 amide bonds. The standard InChI is InChI=1S/C17H38O2Si3/c1-15-10-12-17(13-11-15)16(2)14-22(9,18-20(3,4)5)19-21(6,7)8/h10,16-17H,11-14H2,1-9H3/t16-,17+/m1/s1. The molecule has 0 aliphatic heterocycles. The lowest BCUT2D eigenvalue weighted by Crippen LogP contribution is -2.53. The van der Waals surface area contributed by atoms with Gasteiger partial charge in [-0.3, -0.25) is 0 Å². The Morgan fingerprint density at radius 3 is 1.91 bits per heavy atom. The molecule has 0 N–H and O–H groups in total. The van der Waals surface area contributed by atoms with Crippen molar-refractivity contribution in [3.8, 4) is 0 Å². The summed E-state index contributed by atoms with van der Waals surface area (Å²) in [5, 5.41) is 0. The van der Waals surface area contributed by atoms with Crippen molar-refractivity contribution in [2.75, 3.05) is 0 Å². The van der Waals surface area contributed by atoms with Gasteiger partial charge in [0, 0.05) is 0 Å². The van der Waals surface area contributed by atoms with E-state index >= 15 is 0 Å². The highest BCUT2D eigenvalue weighted by Gasteiger charge is 2.42. The molecule has 0 bridgehead atoms. The van der Waals surface area contributed by atoms with E-state index in [0.717, 1.165) is 12.0 Å². The van der Waals surface area contributed by atoms with Crippen LogP contribution in [0, 0.1) is 11.8 Å². The third-order valence-corrected chi connectivity index (χ3v) is 14.0. The molecule has 0 fully saturated rings. The Morgan fingerprint density at radius 1 is 1.05 bits per heavy atom. The minimum Gasteiger partial charge on any atom is -0.437 e. The van der Waals surface area contributed by atoms with Gasteiger partial charge in [-0.2, -0.15) is 0 Å². The summed E-state index contributed by atoms with van der Waals surface area (Å²) in [4.78, 5) is 0. The van der Waals surface area contributed by atoms with E-state index in [1.54, 1.807) is 5.57 Å². The molecule has 1 aliphatic carbocycles. The van der Waals surface area contributed by atoms with Crippen LogP contribution in [0.3, 0.4) is 0 Å². The number of rotatable bonds is 7. The van der Waals surface area contributed by atoms with Crippen LogP contribution in [0.2, 0.25) is 51.9 Å². The van der Waals surface area contributed by atoms with Crippen LogP contribution in [0.5, 0.6) is 0 Å². The van der Waals surface area contributed by atoms with Gasteiger partial charge in [-0.15, -0.1) is 0 Å². The molecule has 1 rings (SSSR count). The van der Waals surface area contributed by atoms with Crippen molar-refractivity contribution in [1.82, 2.24) is 0 Å². The second-order valence-electron chi connectivity index (χ2n) is 9.33. The minimum atomic E-state index is -2.08. The van der Waals surface area contributed by atoms with Crippen molar-refractivity contribution in [1.29, 1.82) is 0 Å². The highest BCUT2D eigenvalue weighted by molar-refractivity contribution is 6.87. The number of hydrogen-bond donors (Lipinski definition) is 0. The van der Waals surface area contributed by atoms with Gasteiger partial charge in [-0.1, -0.05) is 18.6 Å². The molecule has 0 unspecified atom stereocenters. The number of hydrogen-bond acceptors (Lipinski definition) is 2. The molecular weight excluding hydrogens is 320 g/mol. The zero-order chi connectivity index (χ0) is 17.2. The van der Waals surface area contributed by atoms with Gasteiger partial charge in [0.1, 0.15) is 0 Å². The maximum Gasteiger partial charge on any atom is 0.314 e. The largest absolute Gasteiger partial charge is 0.437 e. The summed E-state index contributed by atoms with van der Waals surface area (Å²) < 4.78 is 13.3. The molecule has 0 heterocycles. The van der Waals surface area contributed by atoms with Crippen LogP contribution in [0.15, 0.2) is 11.6 Å². The Labute approximate surface area is 142 Å². The predicted molar refractivity (Wildman–Crippen MR) is 106 cm³/mol. The van der Waals surface area contributed by atoms with Crippen molar-refractivity contribution < 1.29 is 8.23 Å². The third kappa shape index (κ3) is 7.73. The van der Waals surface area contributed by atoms with E-state index in [1.165, 1.54) is 19.3 Å². The first-order valence-electron chi connectivity index (χ1n) is 8.86. The molecular formula is C17H38O2Si3. The Morgan fingerprint density at radius 2 is 1.55 bits per heavy atom. The zero-order valence-corrected chi connectivity index (χ0v) is 19.4. The SMILES string of the molecule is CC1=CC[C@H]([C@H](C)C[Si](C)(O[Si](C)(C)C)O[Si](C)(C)C)CC1. The predicted octanol–water partition coefficient (Wildman–Crippen LogP) is 6.14. The molecule has 0 spiro atoms. The Kier molecular flexibility index (Phi) is 6.91. The first-order valence-corrected chi connectivity index (χ1v) is 18.2. The van der Waals surface area contributed by atoms with E-state index in [9.17, 15) is 0 Å². The Hall–Kier alpha value is 0.311. The van der Waals surface area contributed by atoms with E-state index in [2.05, 4.69) is 65.8 Å². The monoisotopic (exact) mass is 358 g/mol. The summed E-state index contributed by atoms with van der Waals surface area (Å²) >= 11 is 0. The van der Waals surface area contributed by atoms with Crippen LogP contribution in [-0.2, 0) is 8.23 Å². The van der Waals surface area contributed by atoms with E-state index < -0.39 is 25.2 Å². The van der Waals surface area contributed by atoms with Gasteiger partial charge in [0.25, 0.3) is 0 Å². The lowest BCUT2D eigenvalue weighted by molar-refractivity contribution is 0.309. The van der Waals surface area contributed by atoms with Gasteiger partial charge in [-0.25, -0.2) is 0 Å². The van der Waals surface area contributed by atoms with Crippen LogP contribution in [0.1, 0.15) is 33.1 Å². The average Bonchev–Trinajstić information content (AvgIpc) is 2.23. The summed E-state index contributed by atoms with van der Waals surface area (Å²) in [5.41, 5.74) is 1.57. The fourth-order valence-electron chi connectivity index (χ4n) is 3.65. The molecule has 0 saturated carbocycles. The quantitative estimate of drug-likeness (QED) is 0.402. The summed E-state index contributed by atoms with van der Waals surface area (Å²) in [6.07, 6.45) is 6.31. The smallest absolute Gasteiger partial charge is 0.314 e. The highest BCUT2D eigenvalue weighted by atomic mass is 28.5. The van der Waals surface area contributed by atoms with Gasteiger partial charge < -0.3 is 8.23 Å². The van der Waals surface area contributed by atoms with Crippen LogP contribution < -0.4 is 0 Å². The van der Waals surface area contributed by atoms with Crippen molar-refractivity contribution in [3.63, 3.8) is 0 Å². The molecule has 0 aromatic heterocycles. The molecule has 2 nitrogen and oxygen atoms in total. The van der Waals surface area contributed by atoms with Crippen molar-refractivity contribution in [3.05, 3.63) is 11.6 Å². The fourth-order valence-corrected chi connectivity index (χ4v) is 16.7. The fraction of sp³-hybridized carbons (Fsp3) is 0.882. The summed E-state index contributed by atoms with van der Waals surface area (Å²) in [6, 6.07) is 1.15. The molecule has 0 aromatic rings. The molecule has 0 aromatic carbocycles. The Balaban J connectivity index is 2.79. The lowest BCUT2D eigenvalue weighted by atomic mass is 9.83. The van der Waals surface area contributed by atoms with E-state index in [4.69, 9.17) is 8.23 Å². The summed E-state index contributed by atoms with van der Waals surface area (Å²) in [5.74, 6) is 1.51. The van der Waals surface area contributed by atoms with Gasteiger partial charge in [0.15, 0.2) is 16.6 Å². The maximum absolute atomic E-state index is 6.66. The van der Waals surface area contributed by atoms with Crippen LogP contribution in [-0.4, -0.2) is 25.2 Å². The summed E-state index contributed by atoms with van der Waals surface area (Å²) in [6.45, 7) is 20.8. The minimum absolute atomic E-state index is 0.703. The average molecular weight is 359 g/mol. The van der Waals surface area contributed by atoms with Crippen LogP contribution in [0.25, 0.3) is 0 Å². The summed E-state index contributed by atoms with van der Waals surface area (Å²) in [7, 11) is -5.23. The van der Waals surface area contributed by atoms with Crippen molar-refractivity contribution in [2.24, 2.45) is 11.8 Å². The second kappa shape index (κ2) is 7.47. The van der Waals surface area contributed by atoms with E-state index in [-0.39, 0.29) is 0 Å². The van der Waals surface area contributed by atoms with Crippen LogP contribution in [0.4, 0.5) is 0 Å². The third-order valence-electron chi connectivity index (χ3n) is 4.22. The van der Waals surface area contributed by atoms with Crippen molar-refractivity contribution in [2.45, 2.75) is 85.0 Å². The van der Waals surface area contributed by atoms with Gasteiger partial charge in [0.2, 0.25) is 0 Å². The Bertz CT molecular complexity index is 378. The molecule has 1 aliphatic rings. The first kappa shape index (κ1) is 20.4. The first-order chi connectivity index (χ1) is 9.80. The van der Waals surface area contributed by atoms with Gasteiger partial charge >= 0.3 is 8.56 Å². The molecule has 0 saturated heterocycles. The zero-order valence-electron chi connectivity index (χ0n) is 16.4. The van der Waals surface area contributed by atoms with Gasteiger partial charge in [0.05, 0.1) is 0 Å².